The van der Waals surface area contributed by atoms with E-state index in [0.717, 1.165) is 0 Å². The molecule has 0 aliphatic heterocycles. The molecular weight excluding hydrogens is 274 g/mol. The summed E-state index contributed by atoms with van der Waals surface area (Å²) in [6, 6.07) is 6.33. The second kappa shape index (κ2) is 6.83. The van der Waals surface area contributed by atoms with Crippen molar-refractivity contribution < 1.29 is 19.1 Å². The summed E-state index contributed by atoms with van der Waals surface area (Å²) in [4.78, 5) is 23.8. The van der Waals surface area contributed by atoms with Crippen molar-refractivity contribution in [2.75, 3.05) is 13.2 Å². The molecule has 21 heavy (non-hydrogen) atoms. The fourth-order valence-electron chi connectivity index (χ4n) is 2.00. The lowest BCUT2D eigenvalue weighted by atomic mass is 10.2. The van der Waals surface area contributed by atoms with Crippen molar-refractivity contribution in [1.82, 2.24) is 15.0 Å². The van der Waals surface area contributed by atoms with Gasteiger partial charge in [0.1, 0.15) is 5.52 Å². The smallest absolute Gasteiger partial charge is 0.331 e. The number of rotatable bonds is 6. The highest BCUT2D eigenvalue weighted by atomic mass is 16.5. The van der Waals surface area contributed by atoms with E-state index in [1.165, 1.54) is 4.68 Å². The topological polar surface area (TPSA) is 83.3 Å². The van der Waals surface area contributed by atoms with Crippen LogP contribution in [0.5, 0.6) is 0 Å². The first kappa shape index (κ1) is 15.0. The van der Waals surface area contributed by atoms with E-state index in [1.807, 2.05) is 12.1 Å². The van der Waals surface area contributed by atoms with Gasteiger partial charge in [-0.3, -0.25) is 4.79 Å². The highest BCUT2D eigenvalue weighted by Crippen LogP contribution is 2.20. The fraction of sp³-hybridized carbons (Fsp3) is 0.429. The Morgan fingerprint density at radius 2 is 1.90 bits per heavy atom. The summed E-state index contributed by atoms with van der Waals surface area (Å²) >= 11 is 0. The van der Waals surface area contributed by atoms with Crippen molar-refractivity contribution in [1.29, 1.82) is 0 Å². The summed E-state index contributed by atoms with van der Waals surface area (Å²) in [5, 5.41) is 7.96. The van der Waals surface area contributed by atoms with Gasteiger partial charge in [-0.25, -0.2) is 9.48 Å². The van der Waals surface area contributed by atoms with E-state index in [-0.39, 0.29) is 19.6 Å². The molecule has 2 aromatic rings. The molecule has 112 valence electrons. The van der Waals surface area contributed by atoms with Crippen molar-refractivity contribution in [2.45, 2.75) is 26.3 Å². The number of esters is 2. The fourth-order valence-corrected chi connectivity index (χ4v) is 2.00. The van der Waals surface area contributed by atoms with Crippen LogP contribution >= 0.6 is 0 Å². The summed E-state index contributed by atoms with van der Waals surface area (Å²) in [7, 11) is 0. The molecule has 0 aliphatic rings. The van der Waals surface area contributed by atoms with Crippen molar-refractivity contribution in [3.05, 3.63) is 24.3 Å². The van der Waals surface area contributed by atoms with Gasteiger partial charge in [0.05, 0.1) is 25.2 Å². The Balaban J connectivity index is 2.34. The van der Waals surface area contributed by atoms with Gasteiger partial charge in [0.2, 0.25) is 0 Å². The second-order valence-corrected chi connectivity index (χ2v) is 4.30. The second-order valence-electron chi connectivity index (χ2n) is 4.30. The van der Waals surface area contributed by atoms with E-state index in [9.17, 15) is 9.59 Å². The third kappa shape index (κ3) is 3.36. The van der Waals surface area contributed by atoms with E-state index in [4.69, 9.17) is 9.47 Å². The largest absolute Gasteiger partial charge is 0.466 e. The molecule has 0 saturated heterocycles. The van der Waals surface area contributed by atoms with Crippen LogP contribution in [-0.2, 0) is 19.1 Å². The molecule has 0 amide bonds. The molecule has 1 unspecified atom stereocenters. The Morgan fingerprint density at radius 3 is 2.62 bits per heavy atom. The van der Waals surface area contributed by atoms with Gasteiger partial charge in [-0.05, 0) is 26.0 Å². The van der Waals surface area contributed by atoms with Gasteiger partial charge < -0.3 is 9.47 Å². The molecule has 0 saturated carbocycles. The van der Waals surface area contributed by atoms with Crippen LogP contribution in [0.25, 0.3) is 11.0 Å². The van der Waals surface area contributed by atoms with E-state index in [1.54, 1.807) is 26.0 Å². The molecule has 0 fully saturated rings. The maximum Gasteiger partial charge on any atom is 0.331 e. The molecule has 7 heteroatoms. The Morgan fingerprint density at radius 1 is 1.19 bits per heavy atom. The molecule has 7 nitrogen and oxygen atoms in total. The summed E-state index contributed by atoms with van der Waals surface area (Å²) in [5.41, 5.74) is 1.32. The molecule has 2 rings (SSSR count). The Labute approximate surface area is 121 Å². The number of nitrogens with zero attached hydrogens (tertiary/aromatic N) is 3. The monoisotopic (exact) mass is 291 g/mol. The maximum atomic E-state index is 12.1. The zero-order valence-corrected chi connectivity index (χ0v) is 12.0. The molecule has 1 heterocycles. The van der Waals surface area contributed by atoms with Crippen LogP contribution < -0.4 is 0 Å². The molecule has 0 N–H and O–H groups in total. The molecular formula is C14H17N3O4. The van der Waals surface area contributed by atoms with Gasteiger partial charge in [0.25, 0.3) is 0 Å². The highest BCUT2D eigenvalue weighted by molar-refractivity contribution is 5.84. The standard InChI is InChI=1S/C14H17N3O4/c1-3-20-13(18)9-12(14(19)21-4-2)17-11-8-6-5-7-10(11)15-16-17/h5-8,12H,3-4,9H2,1-2H3. The van der Waals surface area contributed by atoms with Crippen molar-refractivity contribution in [2.24, 2.45) is 0 Å². The van der Waals surface area contributed by atoms with Gasteiger partial charge in [-0.2, -0.15) is 0 Å². The SMILES string of the molecule is CCOC(=O)CC(C(=O)OCC)n1nnc2ccccc21. The molecule has 0 radical (unpaired) electrons. The lowest BCUT2D eigenvalue weighted by Gasteiger charge is -2.15. The van der Waals surface area contributed by atoms with Crippen LogP contribution in [0, 0.1) is 0 Å². The minimum absolute atomic E-state index is 0.139. The van der Waals surface area contributed by atoms with Crippen LogP contribution in [0.1, 0.15) is 26.3 Å². The van der Waals surface area contributed by atoms with Crippen LogP contribution in [0.4, 0.5) is 0 Å². The molecule has 1 atom stereocenters. The summed E-state index contributed by atoms with van der Waals surface area (Å²) in [6.45, 7) is 3.90. The Kier molecular flexibility index (Phi) is 4.86. The van der Waals surface area contributed by atoms with Crippen LogP contribution in [0.2, 0.25) is 0 Å². The number of para-hydroxylation sites is 1. The number of fused-ring (bicyclic) bond motifs is 1. The minimum Gasteiger partial charge on any atom is -0.466 e. The number of benzene rings is 1. The number of hydrogen-bond donors (Lipinski definition) is 0. The van der Waals surface area contributed by atoms with Gasteiger partial charge in [0.15, 0.2) is 6.04 Å². The zero-order valence-electron chi connectivity index (χ0n) is 12.0. The van der Waals surface area contributed by atoms with E-state index < -0.39 is 18.0 Å². The molecule has 0 bridgehead atoms. The lowest BCUT2D eigenvalue weighted by molar-refractivity contribution is -0.154. The van der Waals surface area contributed by atoms with Gasteiger partial charge >= 0.3 is 11.9 Å². The Hall–Kier alpha value is -2.44. The van der Waals surface area contributed by atoms with Crippen LogP contribution in [0.3, 0.4) is 0 Å². The third-order valence-electron chi connectivity index (χ3n) is 2.90. The number of ether oxygens (including phenoxy) is 2. The first-order valence-electron chi connectivity index (χ1n) is 6.79. The number of carbonyl (C=O) groups is 2. The summed E-state index contributed by atoms with van der Waals surface area (Å²) in [5.74, 6) is -1.00. The predicted molar refractivity (Wildman–Crippen MR) is 74.4 cm³/mol. The Bertz CT molecular complexity index is 638. The lowest BCUT2D eigenvalue weighted by Crippen LogP contribution is -2.26. The van der Waals surface area contributed by atoms with Gasteiger partial charge in [-0.15, -0.1) is 5.10 Å². The molecule has 1 aromatic carbocycles. The average Bonchev–Trinajstić information content (AvgIpc) is 2.89. The van der Waals surface area contributed by atoms with Gasteiger partial charge in [0, 0.05) is 0 Å². The minimum atomic E-state index is -0.878. The van der Waals surface area contributed by atoms with Crippen LogP contribution in [-0.4, -0.2) is 40.1 Å². The summed E-state index contributed by atoms with van der Waals surface area (Å²) < 4.78 is 11.3. The van der Waals surface area contributed by atoms with Gasteiger partial charge in [-0.1, -0.05) is 17.3 Å². The average molecular weight is 291 g/mol. The van der Waals surface area contributed by atoms with Crippen molar-refractivity contribution in [3.63, 3.8) is 0 Å². The van der Waals surface area contributed by atoms with E-state index >= 15 is 0 Å². The summed E-state index contributed by atoms with van der Waals surface area (Å²) in [6.07, 6.45) is -0.139. The first-order valence-corrected chi connectivity index (χ1v) is 6.79. The first-order chi connectivity index (χ1) is 10.2. The number of hydrogen-bond acceptors (Lipinski definition) is 6. The molecule has 1 aromatic heterocycles. The molecule has 0 spiro atoms. The van der Waals surface area contributed by atoms with E-state index in [2.05, 4.69) is 10.3 Å². The number of carbonyl (C=O) groups excluding carboxylic acids is 2. The maximum absolute atomic E-state index is 12.1. The normalized spacial score (nSPS) is 12.1. The highest BCUT2D eigenvalue weighted by Gasteiger charge is 2.28. The van der Waals surface area contributed by atoms with Crippen molar-refractivity contribution >= 4 is 23.0 Å². The van der Waals surface area contributed by atoms with Crippen molar-refractivity contribution in [3.8, 4) is 0 Å². The quantitative estimate of drug-likeness (QED) is 0.750. The molecule has 0 aliphatic carbocycles. The number of aromatic nitrogens is 3. The zero-order chi connectivity index (χ0) is 15.2. The van der Waals surface area contributed by atoms with Crippen LogP contribution in [0.15, 0.2) is 24.3 Å². The van der Waals surface area contributed by atoms with E-state index in [0.29, 0.717) is 11.0 Å². The predicted octanol–water partition coefficient (Wildman–Crippen LogP) is 1.49. The third-order valence-corrected chi connectivity index (χ3v) is 2.90.